The molecule has 1 saturated heterocycles. The molecule has 1 aliphatic rings. The van der Waals surface area contributed by atoms with Gasteiger partial charge in [0.05, 0.1) is 16.6 Å². The molecule has 0 saturated carbocycles. The highest BCUT2D eigenvalue weighted by atomic mass is 32.2. The van der Waals surface area contributed by atoms with E-state index >= 15 is 0 Å². The SMILES string of the molecule is Cc1cnc(Nc2cccc(C3CCCN3S(=O)(=O)c3ccc(C)c(F)c3)n2)s1. The van der Waals surface area contributed by atoms with Gasteiger partial charge in [-0.05, 0) is 56.5 Å². The number of rotatable bonds is 5. The smallest absolute Gasteiger partial charge is 0.243 e. The van der Waals surface area contributed by atoms with Crippen LogP contribution in [-0.4, -0.2) is 29.2 Å². The van der Waals surface area contributed by atoms with Gasteiger partial charge in [-0.15, -0.1) is 11.3 Å². The van der Waals surface area contributed by atoms with Crippen LogP contribution in [0.3, 0.4) is 0 Å². The van der Waals surface area contributed by atoms with Crippen molar-refractivity contribution < 1.29 is 12.8 Å². The van der Waals surface area contributed by atoms with E-state index in [0.717, 1.165) is 22.5 Å². The van der Waals surface area contributed by atoms with E-state index in [4.69, 9.17) is 0 Å². The predicted octanol–water partition coefficient (Wildman–Crippen LogP) is 4.56. The quantitative estimate of drug-likeness (QED) is 0.640. The Hall–Kier alpha value is -2.36. The summed E-state index contributed by atoms with van der Waals surface area (Å²) in [5.74, 6) is 0.0902. The van der Waals surface area contributed by atoms with Crippen molar-refractivity contribution in [3.8, 4) is 0 Å². The Balaban J connectivity index is 1.62. The van der Waals surface area contributed by atoms with Crippen LogP contribution in [0.4, 0.5) is 15.3 Å². The van der Waals surface area contributed by atoms with Gasteiger partial charge in [-0.3, -0.25) is 0 Å². The van der Waals surface area contributed by atoms with Crippen LogP contribution in [0.15, 0.2) is 47.5 Å². The molecule has 0 amide bonds. The fraction of sp³-hybridized carbons (Fsp3) is 0.300. The average Bonchev–Trinajstić information content (AvgIpc) is 3.33. The summed E-state index contributed by atoms with van der Waals surface area (Å²) in [7, 11) is -3.82. The normalized spacial score (nSPS) is 17.6. The largest absolute Gasteiger partial charge is 0.316 e. The Kier molecular flexibility index (Phi) is 5.37. The highest BCUT2D eigenvalue weighted by molar-refractivity contribution is 7.89. The van der Waals surface area contributed by atoms with E-state index in [-0.39, 0.29) is 10.9 Å². The second-order valence-electron chi connectivity index (χ2n) is 7.03. The maximum atomic E-state index is 14.0. The Morgan fingerprint density at radius 2 is 2.07 bits per heavy atom. The lowest BCUT2D eigenvalue weighted by Crippen LogP contribution is -2.31. The molecule has 1 unspecified atom stereocenters. The Bertz CT molecular complexity index is 1150. The molecule has 3 aromatic rings. The molecule has 1 aromatic carbocycles. The van der Waals surface area contributed by atoms with Crippen molar-refractivity contribution in [2.75, 3.05) is 11.9 Å². The summed E-state index contributed by atoms with van der Waals surface area (Å²) in [5.41, 5.74) is 1.08. The van der Waals surface area contributed by atoms with Crippen LogP contribution in [0.25, 0.3) is 0 Å². The molecule has 6 nitrogen and oxygen atoms in total. The zero-order valence-corrected chi connectivity index (χ0v) is 17.7. The van der Waals surface area contributed by atoms with Crippen LogP contribution in [0, 0.1) is 19.7 Å². The molecule has 29 heavy (non-hydrogen) atoms. The van der Waals surface area contributed by atoms with Gasteiger partial charge in [-0.25, -0.2) is 22.8 Å². The van der Waals surface area contributed by atoms with E-state index in [0.29, 0.717) is 30.0 Å². The first-order valence-corrected chi connectivity index (χ1v) is 11.5. The third kappa shape index (κ3) is 4.03. The number of pyridine rings is 1. The summed E-state index contributed by atoms with van der Waals surface area (Å²) in [6.07, 6.45) is 3.17. The molecule has 0 aliphatic carbocycles. The van der Waals surface area contributed by atoms with Gasteiger partial charge in [0, 0.05) is 17.6 Å². The Morgan fingerprint density at radius 3 is 2.79 bits per heavy atom. The van der Waals surface area contributed by atoms with Crippen molar-refractivity contribution in [3.05, 3.63) is 64.5 Å². The topological polar surface area (TPSA) is 75.2 Å². The molecule has 3 heterocycles. The number of aromatic nitrogens is 2. The van der Waals surface area contributed by atoms with Crippen LogP contribution in [0.1, 0.15) is 35.0 Å². The van der Waals surface area contributed by atoms with E-state index in [1.165, 1.54) is 27.8 Å². The summed E-state index contributed by atoms with van der Waals surface area (Å²) in [4.78, 5) is 9.95. The van der Waals surface area contributed by atoms with Crippen LogP contribution in [0.2, 0.25) is 0 Å². The minimum atomic E-state index is -3.82. The number of hydrogen-bond acceptors (Lipinski definition) is 6. The predicted molar refractivity (Wildman–Crippen MR) is 111 cm³/mol. The maximum Gasteiger partial charge on any atom is 0.243 e. The van der Waals surface area contributed by atoms with Crippen molar-refractivity contribution in [2.45, 2.75) is 37.6 Å². The van der Waals surface area contributed by atoms with Crippen molar-refractivity contribution in [1.29, 1.82) is 0 Å². The molecule has 1 aliphatic heterocycles. The zero-order valence-electron chi connectivity index (χ0n) is 16.1. The van der Waals surface area contributed by atoms with Crippen molar-refractivity contribution >= 4 is 32.3 Å². The molecule has 1 atom stereocenters. The van der Waals surface area contributed by atoms with Crippen molar-refractivity contribution in [2.24, 2.45) is 0 Å². The van der Waals surface area contributed by atoms with E-state index in [1.54, 1.807) is 13.1 Å². The summed E-state index contributed by atoms with van der Waals surface area (Å²) in [6.45, 7) is 3.96. The minimum Gasteiger partial charge on any atom is -0.316 e. The lowest BCUT2D eigenvalue weighted by molar-refractivity contribution is 0.390. The highest BCUT2D eigenvalue weighted by Gasteiger charge is 2.37. The molecule has 4 rings (SSSR count). The first-order chi connectivity index (χ1) is 13.8. The average molecular weight is 433 g/mol. The third-order valence-corrected chi connectivity index (χ3v) is 7.65. The fourth-order valence-corrected chi connectivity index (χ4v) is 5.77. The summed E-state index contributed by atoms with van der Waals surface area (Å²) in [6, 6.07) is 9.15. The molecule has 0 bridgehead atoms. The standard InChI is InChI=1S/C20H21FN4O2S2/c1-13-8-9-15(11-16(13)21)29(26,27)25-10-4-6-18(25)17-5-3-7-19(23-17)24-20-22-12-14(2)28-20/h3,5,7-9,11-12,18H,4,6,10H2,1-2H3,(H,22,23,24). The van der Waals surface area contributed by atoms with Crippen molar-refractivity contribution in [1.82, 2.24) is 14.3 Å². The van der Waals surface area contributed by atoms with E-state index in [2.05, 4.69) is 15.3 Å². The number of anilines is 2. The summed E-state index contributed by atoms with van der Waals surface area (Å²) in [5, 5.41) is 3.90. The lowest BCUT2D eigenvalue weighted by atomic mass is 10.1. The first kappa shape index (κ1) is 19.9. The molecular formula is C20H21FN4O2S2. The number of benzene rings is 1. The molecule has 0 radical (unpaired) electrons. The van der Waals surface area contributed by atoms with Gasteiger partial charge in [0.15, 0.2) is 5.13 Å². The molecule has 152 valence electrons. The highest BCUT2D eigenvalue weighted by Crippen LogP contribution is 2.36. The van der Waals surface area contributed by atoms with Crippen LogP contribution in [-0.2, 0) is 10.0 Å². The second-order valence-corrected chi connectivity index (χ2v) is 10.2. The molecule has 1 N–H and O–H groups in total. The van der Waals surface area contributed by atoms with Gasteiger partial charge in [0.25, 0.3) is 0 Å². The van der Waals surface area contributed by atoms with Gasteiger partial charge in [0.2, 0.25) is 10.0 Å². The van der Waals surface area contributed by atoms with Gasteiger partial charge in [0.1, 0.15) is 11.6 Å². The fourth-order valence-electron chi connectivity index (χ4n) is 3.42. The molecule has 0 spiro atoms. The Morgan fingerprint density at radius 1 is 1.24 bits per heavy atom. The van der Waals surface area contributed by atoms with E-state index < -0.39 is 15.8 Å². The summed E-state index contributed by atoms with van der Waals surface area (Å²) >= 11 is 1.52. The van der Waals surface area contributed by atoms with Crippen LogP contribution >= 0.6 is 11.3 Å². The molecular weight excluding hydrogens is 411 g/mol. The minimum absolute atomic E-state index is 0.0277. The van der Waals surface area contributed by atoms with E-state index in [9.17, 15) is 12.8 Å². The van der Waals surface area contributed by atoms with Crippen molar-refractivity contribution in [3.63, 3.8) is 0 Å². The van der Waals surface area contributed by atoms with Crippen LogP contribution < -0.4 is 5.32 Å². The number of nitrogens with one attached hydrogen (secondary N) is 1. The third-order valence-electron chi connectivity index (χ3n) is 4.92. The first-order valence-electron chi connectivity index (χ1n) is 9.29. The lowest BCUT2D eigenvalue weighted by Gasteiger charge is -2.24. The van der Waals surface area contributed by atoms with E-state index in [1.807, 2.05) is 25.1 Å². The maximum absolute atomic E-state index is 14.0. The van der Waals surface area contributed by atoms with Gasteiger partial charge >= 0.3 is 0 Å². The summed E-state index contributed by atoms with van der Waals surface area (Å²) < 4.78 is 41.7. The number of halogens is 1. The zero-order chi connectivity index (χ0) is 20.6. The van der Waals surface area contributed by atoms with Crippen LogP contribution in [0.5, 0.6) is 0 Å². The molecule has 1 fully saturated rings. The van der Waals surface area contributed by atoms with Gasteiger partial charge < -0.3 is 5.32 Å². The number of sulfonamides is 1. The number of nitrogens with zero attached hydrogens (tertiary/aromatic N) is 3. The monoisotopic (exact) mass is 432 g/mol. The Labute approximate surface area is 173 Å². The second kappa shape index (κ2) is 7.81. The molecule has 9 heteroatoms. The van der Waals surface area contributed by atoms with Gasteiger partial charge in [-0.2, -0.15) is 4.31 Å². The number of aryl methyl sites for hydroxylation is 2. The number of thiazole rings is 1. The number of hydrogen-bond donors (Lipinski definition) is 1. The molecule has 2 aromatic heterocycles. The van der Waals surface area contributed by atoms with Gasteiger partial charge in [-0.1, -0.05) is 12.1 Å².